The van der Waals surface area contributed by atoms with Crippen LogP contribution in [0.15, 0.2) is 0 Å². The molecule has 2 atom stereocenters. The van der Waals surface area contributed by atoms with E-state index in [2.05, 4.69) is 5.32 Å². The van der Waals surface area contributed by atoms with Crippen molar-refractivity contribution in [3.05, 3.63) is 0 Å². The molecule has 1 saturated heterocycles. The molecule has 2 aliphatic rings. The standard InChI is InChI=1S/C8H15N2/c9-8(6-1-2-6)7-3-4-10-5-7/h6-8H,1-5,9H2. The molecule has 1 radical (unpaired) electrons. The fraction of sp³-hybridized carbons (Fsp3) is 1.00. The molecule has 0 bridgehead atoms. The molecule has 0 amide bonds. The maximum Gasteiger partial charge on any atom is 0.0177 e. The van der Waals surface area contributed by atoms with Crippen molar-refractivity contribution >= 4 is 0 Å². The van der Waals surface area contributed by atoms with Gasteiger partial charge in [-0.25, -0.2) is 5.32 Å². The second-order valence-electron chi connectivity index (χ2n) is 3.59. The van der Waals surface area contributed by atoms with Crippen molar-refractivity contribution in [2.75, 3.05) is 13.1 Å². The Bertz CT molecular complexity index is 114. The van der Waals surface area contributed by atoms with Crippen molar-refractivity contribution in [3.63, 3.8) is 0 Å². The van der Waals surface area contributed by atoms with Crippen molar-refractivity contribution in [2.45, 2.75) is 25.3 Å². The van der Waals surface area contributed by atoms with Gasteiger partial charge in [0.1, 0.15) is 0 Å². The van der Waals surface area contributed by atoms with Crippen LogP contribution in [0.5, 0.6) is 0 Å². The van der Waals surface area contributed by atoms with E-state index in [1.54, 1.807) is 0 Å². The van der Waals surface area contributed by atoms with Crippen LogP contribution >= 0.6 is 0 Å². The van der Waals surface area contributed by atoms with Gasteiger partial charge in [0.2, 0.25) is 0 Å². The summed E-state index contributed by atoms with van der Waals surface area (Å²) < 4.78 is 0. The van der Waals surface area contributed by atoms with Gasteiger partial charge in [-0.1, -0.05) is 0 Å². The Kier molecular flexibility index (Phi) is 1.66. The molecule has 2 nitrogen and oxygen atoms in total. The van der Waals surface area contributed by atoms with Crippen LogP contribution in [-0.4, -0.2) is 19.1 Å². The third kappa shape index (κ3) is 1.18. The highest BCUT2D eigenvalue weighted by Gasteiger charge is 2.35. The molecule has 0 aromatic rings. The molecule has 10 heavy (non-hydrogen) atoms. The fourth-order valence-electron chi connectivity index (χ4n) is 1.79. The molecule has 1 aliphatic carbocycles. The monoisotopic (exact) mass is 139 g/mol. The van der Waals surface area contributed by atoms with Gasteiger partial charge >= 0.3 is 0 Å². The molecule has 2 unspecified atom stereocenters. The van der Waals surface area contributed by atoms with Crippen molar-refractivity contribution < 1.29 is 0 Å². The molecule has 0 spiro atoms. The maximum atomic E-state index is 6.02. The minimum atomic E-state index is 0.478. The number of nitrogens with two attached hydrogens (primary N) is 1. The Balaban J connectivity index is 1.84. The van der Waals surface area contributed by atoms with Gasteiger partial charge in [-0.2, -0.15) is 0 Å². The van der Waals surface area contributed by atoms with E-state index in [0.717, 1.165) is 24.9 Å². The Hall–Kier alpha value is -0.0800. The molecule has 0 aromatic carbocycles. The van der Waals surface area contributed by atoms with E-state index in [4.69, 9.17) is 5.73 Å². The zero-order valence-electron chi connectivity index (χ0n) is 6.29. The van der Waals surface area contributed by atoms with Gasteiger partial charge in [0, 0.05) is 19.1 Å². The number of hydrogen-bond acceptors (Lipinski definition) is 1. The third-order valence-electron chi connectivity index (χ3n) is 2.73. The lowest BCUT2D eigenvalue weighted by molar-refractivity contribution is 0.414. The van der Waals surface area contributed by atoms with Crippen LogP contribution in [0.25, 0.3) is 0 Å². The average molecular weight is 139 g/mol. The first-order chi connectivity index (χ1) is 4.88. The molecule has 2 N–H and O–H groups in total. The molecular formula is C8H15N2. The zero-order valence-corrected chi connectivity index (χ0v) is 6.29. The molecule has 57 valence electrons. The second kappa shape index (κ2) is 2.51. The van der Waals surface area contributed by atoms with Gasteiger partial charge in [0.05, 0.1) is 0 Å². The summed E-state index contributed by atoms with van der Waals surface area (Å²) in [6.45, 7) is 2.10. The summed E-state index contributed by atoms with van der Waals surface area (Å²) in [6.07, 6.45) is 3.99. The number of rotatable bonds is 2. The number of nitrogens with zero attached hydrogens (tertiary/aromatic N) is 1. The third-order valence-corrected chi connectivity index (χ3v) is 2.73. The first-order valence-corrected chi connectivity index (χ1v) is 4.27. The Morgan fingerprint density at radius 1 is 1.20 bits per heavy atom. The maximum absolute atomic E-state index is 6.02. The average Bonchev–Trinajstić information content (AvgIpc) is 2.65. The molecule has 2 rings (SSSR count). The first-order valence-electron chi connectivity index (χ1n) is 4.27. The van der Waals surface area contributed by atoms with Crippen LogP contribution in [0.2, 0.25) is 0 Å². The lowest BCUT2D eigenvalue weighted by Crippen LogP contribution is -2.32. The predicted octanol–water partition coefficient (Wildman–Crippen LogP) is 0.348. The molecule has 1 aliphatic heterocycles. The van der Waals surface area contributed by atoms with Crippen LogP contribution < -0.4 is 11.1 Å². The quantitative estimate of drug-likeness (QED) is 0.589. The molecule has 0 aromatic heterocycles. The lowest BCUT2D eigenvalue weighted by atomic mass is 9.96. The van der Waals surface area contributed by atoms with E-state index in [9.17, 15) is 0 Å². The molecule has 1 heterocycles. The largest absolute Gasteiger partial charge is 0.327 e. The van der Waals surface area contributed by atoms with Gasteiger partial charge in [-0.3, -0.25) is 0 Å². The Morgan fingerprint density at radius 2 is 2.00 bits per heavy atom. The van der Waals surface area contributed by atoms with Crippen molar-refractivity contribution in [3.8, 4) is 0 Å². The van der Waals surface area contributed by atoms with Crippen molar-refractivity contribution in [1.82, 2.24) is 5.32 Å². The summed E-state index contributed by atoms with van der Waals surface area (Å²) in [4.78, 5) is 0. The summed E-state index contributed by atoms with van der Waals surface area (Å²) in [5.74, 6) is 1.59. The summed E-state index contributed by atoms with van der Waals surface area (Å²) in [7, 11) is 0. The zero-order chi connectivity index (χ0) is 6.97. The van der Waals surface area contributed by atoms with Gasteiger partial charge in [0.15, 0.2) is 0 Å². The smallest absolute Gasteiger partial charge is 0.0177 e. The van der Waals surface area contributed by atoms with Gasteiger partial charge < -0.3 is 5.73 Å². The highest BCUT2D eigenvalue weighted by Crippen LogP contribution is 2.36. The van der Waals surface area contributed by atoms with Crippen LogP contribution in [0, 0.1) is 11.8 Å². The highest BCUT2D eigenvalue weighted by molar-refractivity contribution is 4.91. The van der Waals surface area contributed by atoms with E-state index < -0.39 is 0 Å². The Morgan fingerprint density at radius 3 is 2.50 bits per heavy atom. The molecule has 1 saturated carbocycles. The van der Waals surface area contributed by atoms with Gasteiger partial charge in [-0.05, 0) is 31.1 Å². The van der Waals surface area contributed by atoms with E-state index >= 15 is 0 Å². The van der Waals surface area contributed by atoms with Crippen LogP contribution in [-0.2, 0) is 0 Å². The van der Waals surface area contributed by atoms with Crippen LogP contribution in [0.4, 0.5) is 0 Å². The summed E-state index contributed by atoms with van der Waals surface area (Å²) in [6, 6.07) is 0.478. The van der Waals surface area contributed by atoms with Gasteiger partial charge in [0.25, 0.3) is 0 Å². The summed E-state index contributed by atoms with van der Waals surface area (Å²) in [5.41, 5.74) is 6.02. The summed E-state index contributed by atoms with van der Waals surface area (Å²) >= 11 is 0. The first kappa shape index (κ1) is 6.62. The van der Waals surface area contributed by atoms with Crippen LogP contribution in [0.3, 0.4) is 0 Å². The molecule has 2 fully saturated rings. The number of hydrogen-bond donors (Lipinski definition) is 1. The topological polar surface area (TPSA) is 40.1 Å². The van der Waals surface area contributed by atoms with E-state index in [1.165, 1.54) is 19.3 Å². The lowest BCUT2D eigenvalue weighted by Gasteiger charge is -2.16. The van der Waals surface area contributed by atoms with Gasteiger partial charge in [-0.15, -0.1) is 0 Å². The molecular weight excluding hydrogens is 124 g/mol. The Labute approximate surface area is 62.2 Å². The predicted molar refractivity (Wildman–Crippen MR) is 40.7 cm³/mol. The van der Waals surface area contributed by atoms with E-state index in [1.807, 2.05) is 0 Å². The van der Waals surface area contributed by atoms with Crippen molar-refractivity contribution in [1.29, 1.82) is 0 Å². The minimum Gasteiger partial charge on any atom is -0.327 e. The summed E-state index contributed by atoms with van der Waals surface area (Å²) in [5, 5.41) is 4.32. The van der Waals surface area contributed by atoms with Crippen LogP contribution in [0.1, 0.15) is 19.3 Å². The normalized spacial score (nSPS) is 36.3. The van der Waals surface area contributed by atoms with E-state index in [0.29, 0.717) is 6.04 Å². The highest BCUT2D eigenvalue weighted by atomic mass is 14.9. The van der Waals surface area contributed by atoms with Crippen molar-refractivity contribution in [2.24, 2.45) is 17.6 Å². The molecule has 2 heteroatoms. The SMILES string of the molecule is NC(C1CC1)C1CC[N]C1. The minimum absolute atomic E-state index is 0.478. The van der Waals surface area contributed by atoms with E-state index in [-0.39, 0.29) is 0 Å². The second-order valence-corrected chi connectivity index (χ2v) is 3.59. The fourth-order valence-corrected chi connectivity index (χ4v) is 1.79.